The summed E-state index contributed by atoms with van der Waals surface area (Å²) in [5.41, 5.74) is 2.35. The fraction of sp³-hybridized carbons (Fsp3) is 0.320. The number of ether oxygens (including phenoxy) is 1. The van der Waals surface area contributed by atoms with E-state index in [-0.39, 0.29) is 11.8 Å². The molecule has 1 aliphatic rings. The quantitative estimate of drug-likeness (QED) is 0.481. The molecule has 3 aromatic heterocycles. The second-order valence-electron chi connectivity index (χ2n) is 9.11. The van der Waals surface area contributed by atoms with Gasteiger partial charge in [0.25, 0.3) is 11.8 Å². The van der Waals surface area contributed by atoms with Crippen molar-refractivity contribution in [1.82, 2.24) is 19.8 Å². The van der Waals surface area contributed by atoms with Crippen molar-refractivity contribution < 1.29 is 23.8 Å². The zero-order chi connectivity index (χ0) is 24.4. The van der Waals surface area contributed by atoms with E-state index in [1.165, 1.54) is 0 Å². The summed E-state index contributed by atoms with van der Waals surface area (Å²) in [6.45, 7) is 7.60. The first-order chi connectivity index (χ1) is 16.1. The molecule has 34 heavy (non-hydrogen) atoms. The number of likely N-dealkylation sites (tertiary alicyclic amines) is 1. The van der Waals surface area contributed by atoms with Gasteiger partial charge in [-0.25, -0.2) is 4.52 Å². The van der Waals surface area contributed by atoms with Crippen LogP contribution in [0.5, 0.6) is 11.5 Å². The van der Waals surface area contributed by atoms with Gasteiger partial charge in [0.05, 0.1) is 29.0 Å². The third kappa shape index (κ3) is 3.15. The number of furan rings is 1. The van der Waals surface area contributed by atoms with Gasteiger partial charge in [0.15, 0.2) is 5.75 Å². The van der Waals surface area contributed by atoms with E-state index in [0.717, 1.165) is 5.56 Å². The minimum absolute atomic E-state index is 0.154. The molecule has 2 N–H and O–H groups in total. The van der Waals surface area contributed by atoms with Crippen molar-refractivity contribution in [2.75, 3.05) is 13.6 Å². The zero-order valence-electron chi connectivity index (χ0n) is 19.7. The number of carbonyl (C=O) groups excluding carboxylic acids is 2. The number of hydrogen-bond acceptors (Lipinski definition) is 6. The second kappa shape index (κ2) is 7.59. The van der Waals surface area contributed by atoms with E-state index >= 15 is 0 Å². The highest BCUT2D eigenvalue weighted by atomic mass is 16.5. The van der Waals surface area contributed by atoms with Crippen LogP contribution in [-0.4, -0.2) is 56.7 Å². The minimum atomic E-state index is -0.617. The van der Waals surface area contributed by atoms with Crippen LogP contribution in [0.2, 0.25) is 0 Å². The second-order valence-corrected chi connectivity index (χ2v) is 9.11. The van der Waals surface area contributed by atoms with Crippen molar-refractivity contribution in [2.45, 2.75) is 39.3 Å². The van der Waals surface area contributed by atoms with Crippen LogP contribution in [0.25, 0.3) is 16.5 Å². The standard InChI is InChI=1S/C25H26N4O5/c1-13-17(24(32)28-12-20(30)25(28,3)4)11-29-22(13)18(8-9-27-29)34-15-6-7-16-19(10-15)33-14(2)21(16)23(31)26-5/h6-11,20,30H,12H2,1-5H3,(H,26,31)/t20-/m0/s1. The highest BCUT2D eigenvalue weighted by Gasteiger charge is 2.48. The lowest BCUT2D eigenvalue weighted by Gasteiger charge is -2.52. The van der Waals surface area contributed by atoms with Crippen LogP contribution < -0.4 is 10.1 Å². The SMILES string of the molecule is CNC(=O)c1c(C)oc2cc(Oc3ccnn4cc(C(=O)N5C[C@H](O)C5(C)C)c(C)c34)ccc12. The molecule has 5 rings (SSSR count). The van der Waals surface area contributed by atoms with Gasteiger partial charge in [0.1, 0.15) is 22.6 Å². The molecule has 4 aromatic rings. The summed E-state index contributed by atoms with van der Waals surface area (Å²) in [5.74, 6) is 1.22. The molecule has 0 bridgehead atoms. The maximum absolute atomic E-state index is 13.2. The fourth-order valence-electron chi connectivity index (χ4n) is 4.51. The van der Waals surface area contributed by atoms with Gasteiger partial charge in [0, 0.05) is 37.3 Å². The highest BCUT2D eigenvalue weighted by molar-refractivity contribution is 6.07. The smallest absolute Gasteiger partial charge is 0.256 e. The molecule has 1 aromatic carbocycles. The van der Waals surface area contributed by atoms with Crippen LogP contribution in [0.3, 0.4) is 0 Å². The van der Waals surface area contributed by atoms with Crippen molar-refractivity contribution in [2.24, 2.45) is 0 Å². The monoisotopic (exact) mass is 462 g/mol. The number of fused-ring (bicyclic) bond motifs is 2. The van der Waals surface area contributed by atoms with Gasteiger partial charge in [-0.15, -0.1) is 0 Å². The van der Waals surface area contributed by atoms with E-state index in [1.807, 2.05) is 20.8 Å². The first-order valence-electron chi connectivity index (χ1n) is 11.0. The molecule has 1 fully saturated rings. The predicted octanol–water partition coefficient (Wildman–Crippen LogP) is 3.44. The molecule has 9 heteroatoms. The summed E-state index contributed by atoms with van der Waals surface area (Å²) in [5, 5.41) is 17.7. The Labute approximate surface area is 195 Å². The molecule has 1 saturated heterocycles. The van der Waals surface area contributed by atoms with Crippen molar-refractivity contribution in [3.8, 4) is 11.5 Å². The third-order valence-corrected chi connectivity index (χ3v) is 6.75. The Kier molecular flexibility index (Phi) is 4.91. The lowest BCUT2D eigenvalue weighted by atomic mass is 9.84. The molecule has 9 nitrogen and oxygen atoms in total. The number of β-amino-alcohol motifs (C(OH)–C–C–N with tert-alkyl or cyclic N) is 1. The first kappa shape index (κ1) is 22.0. The number of aryl methyl sites for hydroxylation is 2. The zero-order valence-corrected chi connectivity index (χ0v) is 19.7. The minimum Gasteiger partial charge on any atom is -0.460 e. The van der Waals surface area contributed by atoms with Gasteiger partial charge in [-0.2, -0.15) is 5.10 Å². The van der Waals surface area contributed by atoms with E-state index in [0.29, 0.717) is 51.4 Å². The summed E-state index contributed by atoms with van der Waals surface area (Å²) in [7, 11) is 1.58. The number of hydrogen-bond donors (Lipinski definition) is 2. The van der Waals surface area contributed by atoms with E-state index in [9.17, 15) is 14.7 Å². The average Bonchev–Trinajstić information content (AvgIpc) is 3.32. The van der Waals surface area contributed by atoms with E-state index in [4.69, 9.17) is 9.15 Å². The lowest BCUT2D eigenvalue weighted by molar-refractivity contribution is -0.0928. The Morgan fingerprint density at radius 3 is 2.71 bits per heavy atom. The normalized spacial score (nSPS) is 17.1. The van der Waals surface area contributed by atoms with Gasteiger partial charge in [-0.1, -0.05) is 0 Å². The Morgan fingerprint density at radius 1 is 1.26 bits per heavy atom. The Bertz CT molecular complexity index is 1470. The Balaban J connectivity index is 1.51. The highest BCUT2D eigenvalue weighted by Crippen LogP contribution is 2.36. The summed E-state index contributed by atoms with van der Waals surface area (Å²) in [6.07, 6.45) is 2.75. The van der Waals surface area contributed by atoms with Crippen LogP contribution in [0, 0.1) is 13.8 Å². The van der Waals surface area contributed by atoms with Crippen LogP contribution in [0.15, 0.2) is 41.1 Å². The van der Waals surface area contributed by atoms with Crippen LogP contribution >= 0.6 is 0 Å². The number of amides is 2. The van der Waals surface area contributed by atoms with Crippen molar-refractivity contribution in [3.63, 3.8) is 0 Å². The fourth-order valence-corrected chi connectivity index (χ4v) is 4.51. The number of nitrogens with one attached hydrogen (secondary N) is 1. The summed E-state index contributed by atoms with van der Waals surface area (Å²) >= 11 is 0. The van der Waals surface area contributed by atoms with Crippen molar-refractivity contribution in [3.05, 3.63) is 59.1 Å². The van der Waals surface area contributed by atoms with Gasteiger partial charge in [0.2, 0.25) is 0 Å². The summed E-state index contributed by atoms with van der Waals surface area (Å²) in [4.78, 5) is 27.1. The number of nitrogens with zero attached hydrogens (tertiary/aromatic N) is 3. The van der Waals surface area contributed by atoms with Gasteiger partial charge >= 0.3 is 0 Å². The molecule has 0 spiro atoms. The number of rotatable bonds is 4. The number of benzene rings is 1. The summed E-state index contributed by atoms with van der Waals surface area (Å²) in [6, 6.07) is 7.04. The van der Waals surface area contributed by atoms with Crippen LogP contribution in [-0.2, 0) is 0 Å². The van der Waals surface area contributed by atoms with E-state index in [2.05, 4.69) is 10.4 Å². The molecule has 4 heterocycles. The van der Waals surface area contributed by atoms with Crippen molar-refractivity contribution >= 4 is 28.3 Å². The molecular weight excluding hydrogens is 436 g/mol. The number of aliphatic hydroxyl groups excluding tert-OH is 1. The molecule has 0 unspecified atom stereocenters. The number of carbonyl (C=O) groups is 2. The van der Waals surface area contributed by atoms with E-state index < -0.39 is 11.6 Å². The number of aromatic nitrogens is 2. The summed E-state index contributed by atoms with van der Waals surface area (Å²) < 4.78 is 13.6. The molecule has 0 saturated carbocycles. The Morgan fingerprint density at radius 2 is 2.03 bits per heavy atom. The molecular formula is C25H26N4O5. The van der Waals surface area contributed by atoms with Crippen molar-refractivity contribution in [1.29, 1.82) is 0 Å². The average molecular weight is 463 g/mol. The first-order valence-corrected chi connectivity index (χ1v) is 11.0. The van der Waals surface area contributed by atoms with Gasteiger partial charge in [-0.3, -0.25) is 9.59 Å². The topological polar surface area (TPSA) is 109 Å². The van der Waals surface area contributed by atoms with E-state index in [1.54, 1.807) is 60.0 Å². The molecule has 2 amide bonds. The largest absolute Gasteiger partial charge is 0.460 e. The maximum atomic E-state index is 13.2. The number of aliphatic hydroxyl groups is 1. The van der Waals surface area contributed by atoms with Gasteiger partial charge < -0.3 is 24.5 Å². The Hall–Kier alpha value is -3.85. The van der Waals surface area contributed by atoms with Crippen LogP contribution in [0.1, 0.15) is 45.9 Å². The third-order valence-electron chi connectivity index (χ3n) is 6.75. The molecule has 1 aliphatic heterocycles. The maximum Gasteiger partial charge on any atom is 0.256 e. The molecule has 176 valence electrons. The van der Waals surface area contributed by atoms with Gasteiger partial charge in [-0.05, 0) is 45.4 Å². The molecule has 0 aliphatic carbocycles. The molecule has 1 atom stereocenters. The molecule has 0 radical (unpaired) electrons. The lowest BCUT2D eigenvalue weighted by Crippen LogP contribution is -2.69. The van der Waals surface area contributed by atoms with Crippen LogP contribution in [0.4, 0.5) is 0 Å². The predicted molar refractivity (Wildman–Crippen MR) is 125 cm³/mol.